The smallest absolute Gasteiger partial charge is 0.302 e. The number of nitrogens with two attached hydrogens (primary N) is 1. The lowest BCUT2D eigenvalue weighted by molar-refractivity contribution is -0.151. The molecule has 7 rings (SSSR count). The molecule has 1 aromatic rings. The number of rotatable bonds is 5. The van der Waals surface area contributed by atoms with Gasteiger partial charge >= 0.3 is 5.97 Å². The number of nitrogens with zero attached hydrogens (tertiary/aromatic N) is 3. The molecule has 0 saturated carbocycles. The number of aliphatic hydroxyl groups is 1. The zero-order valence-corrected chi connectivity index (χ0v) is 28.0. The number of guanidine groups is 1. The normalized spacial score (nSPS) is 35.2. The number of aliphatic imine (C=N–C) groups is 1. The molecular weight excluding hydrogens is 596 g/mol. The van der Waals surface area contributed by atoms with Gasteiger partial charge in [0.1, 0.15) is 12.2 Å². The van der Waals surface area contributed by atoms with Gasteiger partial charge in [0, 0.05) is 58.4 Å². The van der Waals surface area contributed by atoms with Crippen molar-refractivity contribution in [3.8, 4) is 23.3 Å². The first-order chi connectivity index (χ1) is 22.7. The van der Waals surface area contributed by atoms with Crippen LogP contribution >= 0.6 is 0 Å². The lowest BCUT2D eigenvalue weighted by Crippen LogP contribution is -2.53. The van der Waals surface area contributed by atoms with Crippen LogP contribution in [-0.4, -0.2) is 109 Å². The maximum absolute atomic E-state index is 12.2. The highest BCUT2D eigenvalue weighted by Crippen LogP contribution is 2.36. The molecule has 11 heteroatoms. The van der Waals surface area contributed by atoms with Crippen molar-refractivity contribution in [1.29, 1.82) is 0 Å². The highest BCUT2D eigenvalue weighted by atomic mass is 16.5. The Morgan fingerprint density at radius 2 is 1.87 bits per heavy atom. The Bertz CT molecular complexity index is 1310. The number of hydrogen-bond donors (Lipinski definition) is 5. The van der Waals surface area contributed by atoms with E-state index in [1.165, 1.54) is 13.3 Å². The fraction of sp³-hybridized carbons (Fsp3) is 0.722. The number of aliphatic hydroxyl groups excluding tert-OH is 1. The van der Waals surface area contributed by atoms with Crippen LogP contribution in [0.1, 0.15) is 63.9 Å². The van der Waals surface area contributed by atoms with Crippen molar-refractivity contribution in [3.63, 3.8) is 0 Å². The summed E-state index contributed by atoms with van der Waals surface area (Å²) in [6.07, 6.45) is 5.55. The van der Waals surface area contributed by atoms with Gasteiger partial charge in [-0.3, -0.25) is 9.69 Å². The number of fused-ring (bicyclic) bond motifs is 4. The quantitative estimate of drug-likeness (QED) is 0.237. The lowest BCUT2D eigenvalue weighted by Gasteiger charge is -2.46. The Labute approximate surface area is 279 Å². The van der Waals surface area contributed by atoms with Gasteiger partial charge in [0.25, 0.3) is 0 Å². The number of esters is 1. The summed E-state index contributed by atoms with van der Waals surface area (Å²) >= 11 is 0. The van der Waals surface area contributed by atoms with Gasteiger partial charge in [0.15, 0.2) is 17.5 Å². The van der Waals surface area contributed by atoms with E-state index in [1.807, 2.05) is 12.1 Å². The summed E-state index contributed by atoms with van der Waals surface area (Å²) in [5.74, 6) is 9.09. The van der Waals surface area contributed by atoms with Crippen LogP contribution in [0.25, 0.3) is 0 Å². The number of carbonyl (C=O) groups excluding carboxylic acids is 1. The van der Waals surface area contributed by atoms with E-state index in [9.17, 15) is 15.0 Å². The lowest BCUT2D eigenvalue weighted by atomic mass is 9.76. The van der Waals surface area contributed by atoms with E-state index in [2.05, 4.69) is 32.3 Å². The van der Waals surface area contributed by atoms with Crippen LogP contribution in [0.3, 0.4) is 0 Å². The number of phenols is 1. The molecule has 8 atom stereocenters. The molecule has 3 fully saturated rings. The maximum atomic E-state index is 12.2. The first-order valence-electron chi connectivity index (χ1n) is 17.7. The van der Waals surface area contributed by atoms with Crippen LogP contribution in [-0.2, 0) is 16.0 Å². The van der Waals surface area contributed by atoms with E-state index < -0.39 is 17.6 Å². The van der Waals surface area contributed by atoms with Crippen molar-refractivity contribution in [2.45, 2.75) is 83.0 Å². The topological polar surface area (TPSA) is 145 Å². The minimum atomic E-state index is -0.646. The molecule has 6 aliphatic rings. The number of phenolic OH excluding ortho intramolecular Hbond substituents is 1. The fourth-order valence-electron chi connectivity index (χ4n) is 8.39. The van der Waals surface area contributed by atoms with E-state index >= 15 is 0 Å². The number of ether oxygens (including phenoxy) is 2. The SMILES string of the molecule is CC(=O)O[C@H]1C[C@@H](O)CC[C@@]2(C#CC[C@@H]1Cc1ccc(O)c(OC3CCNCC3)c1)CCN1C[C@H]3C[C@@H](C1)CN(CN=C(N)NC2)C3. The molecule has 1 aromatic carbocycles. The molecule has 6 N–H and O–H groups in total. The molecule has 258 valence electrons. The average Bonchev–Trinajstić information content (AvgIpc) is 3.05. The number of piperidine rings is 3. The first kappa shape index (κ1) is 33.8. The van der Waals surface area contributed by atoms with Crippen LogP contribution in [0.2, 0.25) is 0 Å². The first-order valence-corrected chi connectivity index (χ1v) is 17.7. The summed E-state index contributed by atoms with van der Waals surface area (Å²) < 4.78 is 12.1. The number of nitrogens with one attached hydrogen (secondary N) is 2. The van der Waals surface area contributed by atoms with E-state index in [0.717, 1.165) is 70.6 Å². The van der Waals surface area contributed by atoms with Gasteiger partial charge in [-0.2, -0.15) is 0 Å². The fourth-order valence-corrected chi connectivity index (χ4v) is 8.39. The van der Waals surface area contributed by atoms with Gasteiger partial charge in [0.05, 0.1) is 18.2 Å². The second-order valence-corrected chi connectivity index (χ2v) is 14.7. The molecule has 0 amide bonds. The molecule has 47 heavy (non-hydrogen) atoms. The Balaban J connectivity index is 1.24. The minimum Gasteiger partial charge on any atom is -0.504 e. The van der Waals surface area contributed by atoms with Crippen LogP contribution < -0.4 is 21.1 Å². The second kappa shape index (κ2) is 15.5. The number of aromatic hydroxyl groups is 1. The molecule has 1 spiro atoms. The van der Waals surface area contributed by atoms with Gasteiger partial charge < -0.3 is 41.0 Å². The number of carbonyl (C=O) groups is 1. The maximum Gasteiger partial charge on any atom is 0.302 e. The van der Waals surface area contributed by atoms with Gasteiger partial charge in [-0.05, 0) is 94.1 Å². The molecule has 1 aliphatic carbocycles. The van der Waals surface area contributed by atoms with E-state index in [0.29, 0.717) is 68.9 Å². The molecule has 5 aliphatic heterocycles. The van der Waals surface area contributed by atoms with E-state index in [1.54, 1.807) is 6.07 Å². The third-order valence-electron chi connectivity index (χ3n) is 10.8. The Morgan fingerprint density at radius 3 is 2.64 bits per heavy atom. The second-order valence-electron chi connectivity index (χ2n) is 14.7. The molecule has 4 bridgehead atoms. The van der Waals surface area contributed by atoms with Gasteiger partial charge in [-0.15, -0.1) is 5.92 Å². The Hall–Kier alpha value is -3.04. The molecule has 3 saturated heterocycles. The summed E-state index contributed by atoms with van der Waals surface area (Å²) in [6, 6.07) is 5.48. The molecule has 5 heterocycles. The standard InChI is InChI=1S/C36H54N6O5/c1-25(43)46-33-18-30(44)6-10-36(11-14-41-19-27-15-28(20-41)22-42(21-27)24-40-35(37)39-23-36)9-2-3-29(33)16-26-4-5-32(45)34(17-26)47-31-7-12-38-13-8-31/h4-5,17,27-31,33,38,44-45H,3,6-8,10-16,18-24H2,1H3,(H3,37,39,40)/t27-,28+,29-,30+,33+,36+/m1/s1. The van der Waals surface area contributed by atoms with Crippen molar-refractivity contribution in [3.05, 3.63) is 23.8 Å². The van der Waals surface area contributed by atoms with Crippen molar-refractivity contribution in [2.24, 2.45) is 33.9 Å². The zero-order chi connectivity index (χ0) is 32.8. The summed E-state index contributed by atoms with van der Waals surface area (Å²) in [5, 5.41) is 28.7. The molecule has 0 aromatic heterocycles. The van der Waals surface area contributed by atoms with E-state index in [4.69, 9.17) is 20.2 Å². The van der Waals surface area contributed by atoms with Crippen molar-refractivity contribution >= 4 is 11.9 Å². The molecule has 0 radical (unpaired) electrons. The van der Waals surface area contributed by atoms with Gasteiger partial charge in [0.2, 0.25) is 0 Å². The molecule has 2 unspecified atom stereocenters. The highest BCUT2D eigenvalue weighted by molar-refractivity contribution is 5.77. The average molecular weight is 651 g/mol. The van der Waals surface area contributed by atoms with Crippen molar-refractivity contribution in [1.82, 2.24) is 20.4 Å². The summed E-state index contributed by atoms with van der Waals surface area (Å²) in [4.78, 5) is 22.0. The number of hydrogen-bond acceptors (Lipinski definition) is 11. The summed E-state index contributed by atoms with van der Waals surface area (Å²) in [5.41, 5.74) is 6.97. The van der Waals surface area contributed by atoms with Crippen LogP contribution in [0.5, 0.6) is 11.5 Å². The highest BCUT2D eigenvalue weighted by Gasteiger charge is 2.37. The van der Waals surface area contributed by atoms with Crippen LogP contribution in [0.4, 0.5) is 0 Å². The predicted molar refractivity (Wildman–Crippen MR) is 181 cm³/mol. The van der Waals surface area contributed by atoms with Gasteiger partial charge in [-0.25, -0.2) is 4.99 Å². The molecule has 11 nitrogen and oxygen atoms in total. The third kappa shape index (κ3) is 9.32. The van der Waals surface area contributed by atoms with E-state index in [-0.39, 0.29) is 23.7 Å². The summed E-state index contributed by atoms with van der Waals surface area (Å²) in [7, 11) is 0. The largest absolute Gasteiger partial charge is 0.504 e. The van der Waals surface area contributed by atoms with Crippen LogP contribution in [0.15, 0.2) is 23.2 Å². The third-order valence-corrected chi connectivity index (χ3v) is 10.8. The zero-order valence-electron chi connectivity index (χ0n) is 28.0. The van der Waals surface area contributed by atoms with Crippen LogP contribution in [0, 0.1) is 35.0 Å². The Morgan fingerprint density at radius 1 is 1.11 bits per heavy atom. The van der Waals surface area contributed by atoms with Gasteiger partial charge in [-0.1, -0.05) is 12.0 Å². The predicted octanol–water partition coefficient (Wildman–Crippen LogP) is 2.06. The minimum absolute atomic E-state index is 0.0547. The van der Waals surface area contributed by atoms with Crippen molar-refractivity contribution in [2.75, 3.05) is 59.0 Å². The number of benzene rings is 1. The Kier molecular flexibility index (Phi) is 11.1. The van der Waals surface area contributed by atoms with Crippen molar-refractivity contribution < 1.29 is 24.5 Å². The monoisotopic (exact) mass is 650 g/mol. The molecular formula is C36H54N6O5. The summed E-state index contributed by atoms with van der Waals surface area (Å²) in [6.45, 7) is 9.70.